The number of aliphatic hydroxyl groups excluding tert-OH is 1. The van der Waals surface area contributed by atoms with Crippen molar-refractivity contribution in [1.29, 1.82) is 0 Å². The van der Waals surface area contributed by atoms with E-state index in [1.165, 1.54) is 19.1 Å². The first-order valence-corrected chi connectivity index (χ1v) is 7.98. The minimum absolute atomic E-state index is 0.0461. The van der Waals surface area contributed by atoms with Gasteiger partial charge in [-0.05, 0) is 19.1 Å². The number of benzene rings is 2. The largest absolute Gasteiger partial charge is 0.507 e. The van der Waals surface area contributed by atoms with Crippen molar-refractivity contribution in [3.05, 3.63) is 71.8 Å². The number of hydrogen-bond donors (Lipinski definition) is 2. The molecular formula is C20H20O6. The monoisotopic (exact) mass is 356 g/mol. The number of aromatic hydroxyl groups is 1. The van der Waals surface area contributed by atoms with Crippen molar-refractivity contribution in [2.45, 2.75) is 19.6 Å². The van der Waals surface area contributed by atoms with E-state index in [9.17, 15) is 19.8 Å². The van der Waals surface area contributed by atoms with Crippen LogP contribution in [0.5, 0.6) is 11.5 Å². The Bertz CT molecular complexity index is 797. The van der Waals surface area contributed by atoms with E-state index in [1.807, 2.05) is 0 Å². The summed E-state index contributed by atoms with van der Waals surface area (Å²) in [6.45, 7) is 4.95. The number of phenols is 1. The SMILES string of the molecule is C=C(C)C(=O)OC(O)CCOc1ccc(C(=O)c2ccccc2)c(O)c1. The Labute approximate surface area is 151 Å². The molecule has 0 saturated heterocycles. The summed E-state index contributed by atoms with van der Waals surface area (Å²) in [5, 5.41) is 19.7. The molecule has 0 heterocycles. The maximum Gasteiger partial charge on any atom is 0.335 e. The van der Waals surface area contributed by atoms with E-state index in [0.717, 1.165) is 0 Å². The molecule has 6 nitrogen and oxygen atoms in total. The number of hydrogen-bond acceptors (Lipinski definition) is 6. The van der Waals surface area contributed by atoms with Gasteiger partial charge < -0.3 is 19.7 Å². The molecule has 0 aliphatic heterocycles. The number of esters is 1. The van der Waals surface area contributed by atoms with Crippen LogP contribution in [0.2, 0.25) is 0 Å². The van der Waals surface area contributed by atoms with Crippen LogP contribution in [0.1, 0.15) is 29.3 Å². The third-order valence-electron chi connectivity index (χ3n) is 3.47. The highest BCUT2D eigenvalue weighted by molar-refractivity contribution is 6.10. The van der Waals surface area contributed by atoms with E-state index in [0.29, 0.717) is 11.3 Å². The molecule has 0 saturated carbocycles. The Hall–Kier alpha value is -3.12. The second kappa shape index (κ2) is 8.82. The van der Waals surface area contributed by atoms with E-state index in [-0.39, 0.29) is 35.7 Å². The standard InChI is InChI=1S/C20H20O6/c1-13(2)20(24)26-18(22)10-11-25-15-8-9-16(17(21)12-15)19(23)14-6-4-3-5-7-14/h3-9,12,18,21-22H,1,10-11H2,2H3. The van der Waals surface area contributed by atoms with Crippen LogP contribution in [0.15, 0.2) is 60.7 Å². The second-order valence-corrected chi connectivity index (χ2v) is 5.65. The summed E-state index contributed by atoms with van der Waals surface area (Å²) >= 11 is 0. The van der Waals surface area contributed by atoms with Crippen molar-refractivity contribution < 1.29 is 29.3 Å². The van der Waals surface area contributed by atoms with Crippen LogP contribution in [-0.2, 0) is 9.53 Å². The average molecular weight is 356 g/mol. The van der Waals surface area contributed by atoms with Gasteiger partial charge in [-0.2, -0.15) is 0 Å². The zero-order valence-electron chi connectivity index (χ0n) is 14.3. The van der Waals surface area contributed by atoms with E-state index in [1.54, 1.807) is 36.4 Å². The topological polar surface area (TPSA) is 93.1 Å². The summed E-state index contributed by atoms with van der Waals surface area (Å²) in [4.78, 5) is 23.6. The fourth-order valence-electron chi connectivity index (χ4n) is 2.10. The Balaban J connectivity index is 1.92. The molecule has 6 heteroatoms. The van der Waals surface area contributed by atoms with Crippen LogP contribution < -0.4 is 4.74 Å². The third-order valence-corrected chi connectivity index (χ3v) is 3.47. The number of carbonyl (C=O) groups is 2. The normalized spacial score (nSPS) is 11.5. The molecule has 2 N–H and O–H groups in total. The molecule has 0 spiro atoms. The lowest BCUT2D eigenvalue weighted by molar-refractivity contribution is -0.164. The maximum atomic E-state index is 12.4. The zero-order valence-corrected chi connectivity index (χ0v) is 14.3. The molecule has 1 atom stereocenters. The van der Waals surface area contributed by atoms with E-state index < -0.39 is 12.3 Å². The molecule has 0 amide bonds. The molecule has 26 heavy (non-hydrogen) atoms. The summed E-state index contributed by atoms with van der Waals surface area (Å²) in [6.07, 6.45) is -1.27. The van der Waals surface area contributed by atoms with Crippen molar-refractivity contribution in [3.8, 4) is 11.5 Å². The molecular weight excluding hydrogens is 336 g/mol. The first-order valence-electron chi connectivity index (χ1n) is 7.98. The van der Waals surface area contributed by atoms with Crippen LogP contribution >= 0.6 is 0 Å². The van der Waals surface area contributed by atoms with Crippen molar-refractivity contribution >= 4 is 11.8 Å². The third kappa shape index (κ3) is 5.19. The summed E-state index contributed by atoms with van der Waals surface area (Å²) in [5.74, 6) is -0.855. The van der Waals surface area contributed by atoms with Crippen molar-refractivity contribution in [2.24, 2.45) is 0 Å². The number of aliphatic hydroxyl groups is 1. The fourth-order valence-corrected chi connectivity index (χ4v) is 2.10. The highest BCUT2D eigenvalue weighted by Gasteiger charge is 2.15. The van der Waals surface area contributed by atoms with Gasteiger partial charge in [0.1, 0.15) is 11.5 Å². The van der Waals surface area contributed by atoms with E-state index in [4.69, 9.17) is 9.47 Å². The van der Waals surface area contributed by atoms with Crippen molar-refractivity contribution in [1.82, 2.24) is 0 Å². The zero-order chi connectivity index (χ0) is 19.1. The Morgan fingerprint density at radius 1 is 1.15 bits per heavy atom. The number of rotatable bonds is 8. The van der Waals surface area contributed by atoms with Crippen LogP contribution in [-0.4, -0.2) is 34.9 Å². The summed E-state index contributed by atoms with van der Waals surface area (Å²) in [5.41, 5.74) is 0.825. The molecule has 0 aliphatic rings. The van der Waals surface area contributed by atoms with Crippen molar-refractivity contribution in [2.75, 3.05) is 6.61 Å². The van der Waals surface area contributed by atoms with Gasteiger partial charge in [0.05, 0.1) is 12.2 Å². The lowest BCUT2D eigenvalue weighted by Crippen LogP contribution is -2.20. The summed E-state index contributed by atoms with van der Waals surface area (Å²) in [7, 11) is 0. The van der Waals surface area contributed by atoms with Crippen molar-refractivity contribution in [3.63, 3.8) is 0 Å². The van der Waals surface area contributed by atoms with Crippen LogP contribution in [0.25, 0.3) is 0 Å². The summed E-state index contributed by atoms with van der Waals surface area (Å²) in [6, 6.07) is 13.0. The molecule has 2 rings (SSSR count). The van der Waals surface area contributed by atoms with Gasteiger partial charge in [-0.3, -0.25) is 4.79 Å². The first-order chi connectivity index (χ1) is 12.4. The van der Waals surface area contributed by atoms with Gasteiger partial charge in [-0.25, -0.2) is 4.79 Å². The Kier molecular flexibility index (Phi) is 6.52. The minimum atomic E-state index is -1.31. The van der Waals surface area contributed by atoms with Crippen LogP contribution in [0.3, 0.4) is 0 Å². The molecule has 0 aromatic heterocycles. The number of phenolic OH excluding ortho intramolecular Hbond substituents is 1. The second-order valence-electron chi connectivity index (χ2n) is 5.65. The highest BCUT2D eigenvalue weighted by Crippen LogP contribution is 2.26. The Morgan fingerprint density at radius 3 is 2.46 bits per heavy atom. The van der Waals surface area contributed by atoms with Gasteiger partial charge in [-0.15, -0.1) is 0 Å². The van der Waals surface area contributed by atoms with Gasteiger partial charge in [0.2, 0.25) is 6.29 Å². The van der Waals surface area contributed by atoms with E-state index in [2.05, 4.69) is 6.58 Å². The smallest absolute Gasteiger partial charge is 0.335 e. The molecule has 0 bridgehead atoms. The Morgan fingerprint density at radius 2 is 1.85 bits per heavy atom. The predicted molar refractivity (Wildman–Crippen MR) is 95.0 cm³/mol. The van der Waals surface area contributed by atoms with Crippen LogP contribution in [0, 0.1) is 0 Å². The van der Waals surface area contributed by atoms with E-state index >= 15 is 0 Å². The molecule has 136 valence electrons. The average Bonchev–Trinajstić information content (AvgIpc) is 2.62. The van der Waals surface area contributed by atoms with Gasteiger partial charge in [0.15, 0.2) is 5.78 Å². The number of carbonyl (C=O) groups excluding carboxylic acids is 2. The first kappa shape index (κ1) is 19.2. The minimum Gasteiger partial charge on any atom is -0.507 e. The molecule has 0 radical (unpaired) electrons. The maximum absolute atomic E-state index is 12.4. The molecule has 0 aliphatic carbocycles. The molecule has 2 aromatic carbocycles. The molecule has 2 aromatic rings. The highest BCUT2D eigenvalue weighted by atomic mass is 16.6. The van der Waals surface area contributed by atoms with Gasteiger partial charge >= 0.3 is 5.97 Å². The molecule has 1 unspecified atom stereocenters. The fraction of sp³-hybridized carbons (Fsp3) is 0.200. The van der Waals surface area contributed by atoms with Gasteiger partial charge in [0.25, 0.3) is 0 Å². The number of ketones is 1. The lowest BCUT2D eigenvalue weighted by Gasteiger charge is -2.13. The van der Waals surface area contributed by atoms with Gasteiger partial charge in [0, 0.05) is 23.6 Å². The van der Waals surface area contributed by atoms with Crippen LogP contribution in [0.4, 0.5) is 0 Å². The lowest BCUT2D eigenvalue weighted by atomic mass is 10.0. The summed E-state index contributed by atoms with van der Waals surface area (Å²) < 4.78 is 10.1. The van der Waals surface area contributed by atoms with Gasteiger partial charge in [-0.1, -0.05) is 36.9 Å². The molecule has 0 fully saturated rings. The number of ether oxygens (including phenoxy) is 2. The quantitative estimate of drug-likeness (QED) is 0.327. The predicted octanol–water partition coefficient (Wildman–Crippen LogP) is 2.83.